The Kier molecular flexibility index (Phi) is 5.02. The minimum Gasteiger partial charge on any atom is -0.386 e. The molecule has 1 aromatic rings. The molecule has 84 valence electrons. The van der Waals surface area contributed by atoms with E-state index in [1.54, 1.807) is 6.07 Å². The first-order valence-corrected chi connectivity index (χ1v) is 5.24. The van der Waals surface area contributed by atoms with E-state index < -0.39 is 11.9 Å². The van der Waals surface area contributed by atoms with Gasteiger partial charge in [0.05, 0.1) is 11.6 Å². The fourth-order valence-corrected chi connectivity index (χ4v) is 1.39. The third kappa shape index (κ3) is 3.45. The van der Waals surface area contributed by atoms with Gasteiger partial charge in [-0.15, -0.1) is 0 Å². The highest BCUT2D eigenvalue weighted by molar-refractivity contribution is 6.30. The van der Waals surface area contributed by atoms with Crippen LogP contribution in [-0.2, 0) is 4.74 Å². The zero-order valence-corrected chi connectivity index (χ0v) is 9.30. The maximum Gasteiger partial charge on any atom is 0.147 e. The van der Waals surface area contributed by atoms with Crippen molar-refractivity contribution in [2.45, 2.75) is 19.4 Å². The van der Waals surface area contributed by atoms with Gasteiger partial charge >= 0.3 is 0 Å². The van der Waals surface area contributed by atoms with Crippen LogP contribution in [0.3, 0.4) is 0 Å². The van der Waals surface area contributed by atoms with Crippen molar-refractivity contribution in [3.8, 4) is 0 Å². The lowest BCUT2D eigenvalue weighted by molar-refractivity contribution is 0.0346. The number of rotatable bonds is 5. The van der Waals surface area contributed by atoms with Gasteiger partial charge < -0.3 is 9.84 Å². The second-order valence-electron chi connectivity index (χ2n) is 3.23. The van der Waals surface area contributed by atoms with E-state index in [-0.39, 0.29) is 17.2 Å². The fraction of sp³-hybridized carbons (Fsp3) is 0.455. The molecule has 4 heteroatoms. The smallest absolute Gasteiger partial charge is 0.147 e. The molecular formula is C11H14ClFO2. The summed E-state index contributed by atoms with van der Waals surface area (Å²) in [5.41, 5.74) is 0.179. The Morgan fingerprint density at radius 2 is 2.27 bits per heavy atom. The van der Waals surface area contributed by atoms with Gasteiger partial charge in [-0.2, -0.15) is 0 Å². The molecule has 0 heterocycles. The average Bonchev–Trinajstić information content (AvgIpc) is 2.22. The van der Waals surface area contributed by atoms with Crippen LogP contribution in [0.25, 0.3) is 0 Å². The summed E-state index contributed by atoms with van der Waals surface area (Å²) in [5.74, 6) is -0.577. The number of aliphatic hydroxyl groups is 1. The van der Waals surface area contributed by atoms with Crippen molar-refractivity contribution in [2.24, 2.45) is 0 Å². The number of hydrogen-bond donors (Lipinski definition) is 1. The van der Waals surface area contributed by atoms with Crippen molar-refractivity contribution in [3.63, 3.8) is 0 Å². The van der Waals surface area contributed by atoms with Gasteiger partial charge in [0.25, 0.3) is 0 Å². The highest BCUT2D eigenvalue weighted by atomic mass is 35.5. The maximum absolute atomic E-state index is 13.4. The SMILES string of the molecule is CCCOCC(O)c1cccc(Cl)c1F. The standard InChI is InChI=1S/C11H14ClFO2/c1-2-6-15-7-10(14)8-4-3-5-9(12)11(8)13/h3-5,10,14H,2,6-7H2,1H3. The normalized spacial score (nSPS) is 12.8. The topological polar surface area (TPSA) is 29.5 Å². The molecule has 0 aliphatic rings. The summed E-state index contributed by atoms with van der Waals surface area (Å²) in [5, 5.41) is 9.64. The summed E-state index contributed by atoms with van der Waals surface area (Å²) in [7, 11) is 0. The Labute approximate surface area is 93.6 Å². The largest absolute Gasteiger partial charge is 0.386 e. The van der Waals surface area contributed by atoms with Crippen LogP contribution < -0.4 is 0 Å². The molecule has 0 aliphatic heterocycles. The van der Waals surface area contributed by atoms with Crippen LogP contribution in [0, 0.1) is 5.82 Å². The van der Waals surface area contributed by atoms with Crippen LogP contribution in [-0.4, -0.2) is 18.3 Å². The van der Waals surface area contributed by atoms with E-state index in [1.807, 2.05) is 6.92 Å². The van der Waals surface area contributed by atoms with E-state index in [0.717, 1.165) is 6.42 Å². The molecule has 2 nitrogen and oxygen atoms in total. The summed E-state index contributed by atoms with van der Waals surface area (Å²) < 4.78 is 18.5. The molecule has 0 aromatic heterocycles. The molecule has 0 aliphatic carbocycles. The van der Waals surface area contributed by atoms with E-state index in [9.17, 15) is 9.50 Å². The molecule has 0 amide bonds. The van der Waals surface area contributed by atoms with Gasteiger partial charge in [0.2, 0.25) is 0 Å². The van der Waals surface area contributed by atoms with Crippen molar-refractivity contribution >= 4 is 11.6 Å². The molecule has 1 rings (SSSR count). The van der Waals surface area contributed by atoms with Gasteiger partial charge in [-0.3, -0.25) is 0 Å². The van der Waals surface area contributed by atoms with E-state index >= 15 is 0 Å². The van der Waals surface area contributed by atoms with Gasteiger partial charge in [0.15, 0.2) is 0 Å². The van der Waals surface area contributed by atoms with Gasteiger partial charge in [-0.05, 0) is 12.5 Å². The van der Waals surface area contributed by atoms with E-state index in [1.165, 1.54) is 12.1 Å². The number of halogens is 2. The monoisotopic (exact) mass is 232 g/mol. The van der Waals surface area contributed by atoms with E-state index in [0.29, 0.717) is 6.61 Å². The predicted molar refractivity (Wildman–Crippen MR) is 57.5 cm³/mol. The van der Waals surface area contributed by atoms with Crippen LogP contribution in [0.4, 0.5) is 4.39 Å². The van der Waals surface area contributed by atoms with Gasteiger partial charge in [0, 0.05) is 12.2 Å². The highest BCUT2D eigenvalue weighted by Crippen LogP contribution is 2.23. The van der Waals surface area contributed by atoms with Crippen LogP contribution in [0.15, 0.2) is 18.2 Å². The Hall–Kier alpha value is -0.640. The summed E-state index contributed by atoms with van der Waals surface area (Å²) in [6.07, 6.45) is -0.0969. The van der Waals surface area contributed by atoms with Crippen molar-refractivity contribution in [1.29, 1.82) is 0 Å². The first-order valence-electron chi connectivity index (χ1n) is 4.86. The quantitative estimate of drug-likeness (QED) is 0.791. The predicted octanol–water partition coefficient (Wildman–Crippen LogP) is 2.94. The summed E-state index contributed by atoms with van der Waals surface area (Å²) in [4.78, 5) is 0. The third-order valence-electron chi connectivity index (χ3n) is 1.96. The average molecular weight is 233 g/mol. The van der Waals surface area contributed by atoms with Crippen LogP contribution in [0.1, 0.15) is 25.0 Å². The maximum atomic E-state index is 13.4. The molecule has 0 saturated heterocycles. The van der Waals surface area contributed by atoms with Gasteiger partial charge in [0.1, 0.15) is 11.9 Å². The zero-order valence-electron chi connectivity index (χ0n) is 8.54. The molecule has 1 unspecified atom stereocenters. The zero-order chi connectivity index (χ0) is 11.3. The minimum atomic E-state index is -0.963. The summed E-state index contributed by atoms with van der Waals surface area (Å²) in [6, 6.07) is 4.55. The van der Waals surface area contributed by atoms with Crippen LogP contribution in [0.5, 0.6) is 0 Å². The third-order valence-corrected chi connectivity index (χ3v) is 2.26. The first kappa shape index (κ1) is 12.4. The summed E-state index contributed by atoms with van der Waals surface area (Å²) >= 11 is 5.59. The molecular weight excluding hydrogens is 219 g/mol. The Morgan fingerprint density at radius 3 is 2.93 bits per heavy atom. The van der Waals surface area contributed by atoms with Gasteiger partial charge in [-0.1, -0.05) is 30.7 Å². The number of ether oxygens (including phenoxy) is 1. The lowest BCUT2D eigenvalue weighted by Gasteiger charge is -2.12. The number of aliphatic hydroxyl groups excluding tert-OH is 1. The van der Waals surface area contributed by atoms with Crippen molar-refractivity contribution in [3.05, 3.63) is 34.6 Å². The fourth-order valence-electron chi connectivity index (χ4n) is 1.21. The molecule has 0 spiro atoms. The molecule has 0 fully saturated rings. The molecule has 0 saturated carbocycles. The summed E-state index contributed by atoms with van der Waals surface area (Å²) in [6.45, 7) is 2.61. The molecule has 1 atom stereocenters. The van der Waals surface area contributed by atoms with Crippen LogP contribution in [0.2, 0.25) is 5.02 Å². The first-order chi connectivity index (χ1) is 7.16. The molecule has 0 radical (unpaired) electrons. The number of benzene rings is 1. The molecule has 1 N–H and O–H groups in total. The van der Waals surface area contributed by atoms with Crippen LogP contribution >= 0.6 is 11.6 Å². The highest BCUT2D eigenvalue weighted by Gasteiger charge is 2.14. The van der Waals surface area contributed by atoms with Crippen molar-refractivity contribution in [1.82, 2.24) is 0 Å². The molecule has 0 bridgehead atoms. The number of hydrogen-bond acceptors (Lipinski definition) is 2. The lowest BCUT2D eigenvalue weighted by atomic mass is 10.1. The van der Waals surface area contributed by atoms with Crippen molar-refractivity contribution < 1.29 is 14.2 Å². The Morgan fingerprint density at radius 1 is 1.53 bits per heavy atom. The Bertz CT molecular complexity index is 317. The second-order valence-corrected chi connectivity index (χ2v) is 3.64. The van der Waals surface area contributed by atoms with Crippen molar-refractivity contribution in [2.75, 3.05) is 13.2 Å². The second kappa shape index (κ2) is 6.05. The lowest BCUT2D eigenvalue weighted by Crippen LogP contribution is -2.09. The van der Waals surface area contributed by atoms with E-state index in [4.69, 9.17) is 16.3 Å². The molecule has 15 heavy (non-hydrogen) atoms. The van der Waals surface area contributed by atoms with Gasteiger partial charge in [-0.25, -0.2) is 4.39 Å². The Balaban J connectivity index is 2.65. The molecule has 1 aromatic carbocycles. The minimum absolute atomic E-state index is 0.0158. The van der Waals surface area contributed by atoms with E-state index in [2.05, 4.69) is 0 Å².